The Labute approximate surface area is 106 Å². The monoisotopic (exact) mass is 222 g/mol. The minimum Gasteiger partial charge on any atom is -0.768 e. The second-order valence-corrected chi connectivity index (χ2v) is 3.48. The zero-order valence-corrected chi connectivity index (χ0v) is 10.5. The molecule has 0 aliphatic carbocycles. The molecular formula is C8H7NaO4S. The van der Waals surface area contributed by atoms with Crippen LogP contribution in [0.4, 0.5) is 0 Å². The number of ether oxygens (including phenoxy) is 2. The van der Waals surface area contributed by atoms with E-state index in [1.165, 1.54) is 12.1 Å². The summed E-state index contributed by atoms with van der Waals surface area (Å²) < 4.78 is 31.6. The van der Waals surface area contributed by atoms with Crippen LogP contribution in [-0.4, -0.2) is 22.0 Å². The van der Waals surface area contributed by atoms with Gasteiger partial charge in [0.05, 0.1) is 0 Å². The van der Waals surface area contributed by atoms with Gasteiger partial charge in [-0.2, -0.15) is 0 Å². The van der Waals surface area contributed by atoms with E-state index in [0.717, 1.165) is 0 Å². The molecule has 1 aromatic rings. The van der Waals surface area contributed by atoms with Crippen molar-refractivity contribution in [1.29, 1.82) is 0 Å². The molecule has 1 aliphatic rings. The van der Waals surface area contributed by atoms with Crippen LogP contribution in [0.2, 0.25) is 0 Å². The van der Waals surface area contributed by atoms with Gasteiger partial charge in [0.1, 0.15) is 13.2 Å². The summed E-state index contributed by atoms with van der Waals surface area (Å²) >= 11 is -2.21. The summed E-state index contributed by atoms with van der Waals surface area (Å²) in [7, 11) is 0. The molecule has 0 saturated heterocycles. The molecule has 0 saturated carbocycles. The van der Waals surface area contributed by atoms with Crippen molar-refractivity contribution in [3.63, 3.8) is 0 Å². The molecule has 0 aromatic heterocycles. The van der Waals surface area contributed by atoms with Gasteiger partial charge < -0.3 is 14.0 Å². The minimum atomic E-state index is -2.21. The van der Waals surface area contributed by atoms with Gasteiger partial charge in [-0.1, -0.05) is 0 Å². The maximum absolute atomic E-state index is 10.6. The number of rotatable bonds is 1. The zero-order valence-electron chi connectivity index (χ0n) is 7.69. The second-order valence-electron chi connectivity index (χ2n) is 2.54. The van der Waals surface area contributed by atoms with E-state index in [0.29, 0.717) is 24.7 Å². The van der Waals surface area contributed by atoms with Crippen molar-refractivity contribution in [2.24, 2.45) is 0 Å². The Morgan fingerprint density at radius 1 is 1.21 bits per heavy atom. The Hall–Kier alpha value is -0.0700. The molecule has 1 unspecified atom stereocenters. The predicted octanol–water partition coefficient (Wildman–Crippen LogP) is -2.30. The number of hydrogen-bond donors (Lipinski definition) is 0. The molecule has 2 rings (SSSR count). The summed E-state index contributed by atoms with van der Waals surface area (Å²) in [4.78, 5) is 0.212. The van der Waals surface area contributed by atoms with Crippen molar-refractivity contribution >= 4 is 11.1 Å². The van der Waals surface area contributed by atoms with Gasteiger partial charge in [-0.15, -0.1) is 0 Å². The molecule has 0 fully saturated rings. The molecular weight excluding hydrogens is 215 g/mol. The van der Waals surface area contributed by atoms with Crippen molar-refractivity contribution in [2.75, 3.05) is 13.2 Å². The largest absolute Gasteiger partial charge is 1.00 e. The van der Waals surface area contributed by atoms with E-state index in [9.17, 15) is 8.76 Å². The summed E-state index contributed by atoms with van der Waals surface area (Å²) in [5.74, 6) is 1.09. The molecule has 0 radical (unpaired) electrons. The Bertz CT molecular complexity index is 355. The third-order valence-electron chi connectivity index (χ3n) is 1.71. The number of hydrogen-bond acceptors (Lipinski definition) is 4. The molecule has 1 heterocycles. The summed E-state index contributed by atoms with van der Waals surface area (Å²) in [6, 6.07) is 4.54. The third kappa shape index (κ3) is 2.49. The second kappa shape index (κ2) is 5.14. The summed E-state index contributed by atoms with van der Waals surface area (Å²) in [6.07, 6.45) is 0. The predicted molar refractivity (Wildman–Crippen MR) is 44.6 cm³/mol. The average molecular weight is 222 g/mol. The van der Waals surface area contributed by atoms with E-state index in [-0.39, 0.29) is 34.5 Å². The smallest absolute Gasteiger partial charge is 0.768 e. The van der Waals surface area contributed by atoms with Crippen molar-refractivity contribution in [3.8, 4) is 11.5 Å². The van der Waals surface area contributed by atoms with Gasteiger partial charge in [0.25, 0.3) is 0 Å². The molecule has 1 aromatic carbocycles. The maximum Gasteiger partial charge on any atom is 1.00 e. The van der Waals surface area contributed by atoms with Crippen molar-refractivity contribution < 1.29 is 47.8 Å². The van der Waals surface area contributed by atoms with Crippen LogP contribution in [0.15, 0.2) is 23.1 Å². The van der Waals surface area contributed by atoms with Crippen LogP contribution < -0.4 is 39.0 Å². The van der Waals surface area contributed by atoms with Crippen LogP contribution in [0.5, 0.6) is 11.5 Å². The minimum absolute atomic E-state index is 0. The first-order valence-corrected chi connectivity index (χ1v) is 4.84. The Morgan fingerprint density at radius 2 is 1.86 bits per heavy atom. The van der Waals surface area contributed by atoms with E-state index >= 15 is 0 Å². The van der Waals surface area contributed by atoms with E-state index in [1.54, 1.807) is 6.07 Å². The molecule has 0 bridgehead atoms. The Morgan fingerprint density at radius 3 is 2.50 bits per heavy atom. The first-order chi connectivity index (χ1) is 6.27. The molecule has 0 spiro atoms. The van der Waals surface area contributed by atoms with E-state index in [2.05, 4.69) is 0 Å². The van der Waals surface area contributed by atoms with E-state index in [4.69, 9.17) is 9.47 Å². The molecule has 4 nitrogen and oxygen atoms in total. The fourth-order valence-electron chi connectivity index (χ4n) is 1.13. The number of benzene rings is 1. The van der Waals surface area contributed by atoms with Gasteiger partial charge in [0, 0.05) is 4.90 Å². The molecule has 0 N–H and O–H groups in total. The maximum atomic E-state index is 10.6. The van der Waals surface area contributed by atoms with E-state index in [1.807, 2.05) is 0 Å². The van der Waals surface area contributed by atoms with Crippen molar-refractivity contribution in [3.05, 3.63) is 18.2 Å². The standard InChI is InChI=1S/C8H8O4S.Na/c9-13(10)6-1-2-7-8(5-6)12-4-3-11-7;/h1-2,5H,3-4H2,(H,9,10);/q;+1/p-1. The summed E-state index contributed by atoms with van der Waals surface area (Å²) in [5, 5.41) is 0. The van der Waals surface area contributed by atoms with Gasteiger partial charge in [0.15, 0.2) is 11.5 Å². The van der Waals surface area contributed by atoms with Gasteiger partial charge in [-0.05, 0) is 29.3 Å². The zero-order chi connectivity index (χ0) is 9.26. The molecule has 70 valence electrons. The first-order valence-electron chi connectivity index (χ1n) is 3.76. The molecule has 1 aliphatic heterocycles. The Kier molecular flexibility index (Phi) is 4.40. The fraction of sp³-hybridized carbons (Fsp3) is 0.250. The van der Waals surface area contributed by atoms with Crippen molar-refractivity contribution in [1.82, 2.24) is 0 Å². The van der Waals surface area contributed by atoms with Crippen LogP contribution in [0.3, 0.4) is 0 Å². The van der Waals surface area contributed by atoms with Crippen molar-refractivity contribution in [2.45, 2.75) is 4.90 Å². The van der Waals surface area contributed by atoms with Gasteiger partial charge in [-0.25, -0.2) is 0 Å². The number of fused-ring (bicyclic) bond motifs is 1. The van der Waals surface area contributed by atoms with Crippen LogP contribution in [0.1, 0.15) is 0 Å². The van der Waals surface area contributed by atoms with Crippen LogP contribution in [-0.2, 0) is 11.1 Å². The topological polar surface area (TPSA) is 58.6 Å². The third-order valence-corrected chi connectivity index (χ3v) is 2.34. The SMILES string of the molecule is O=S([O-])c1ccc2c(c1)OCCO2.[Na+]. The molecule has 0 amide bonds. The van der Waals surface area contributed by atoms with E-state index < -0.39 is 11.1 Å². The fourth-order valence-corrected chi connectivity index (χ4v) is 1.51. The first kappa shape index (κ1) is 12.0. The summed E-state index contributed by atoms with van der Waals surface area (Å²) in [5.41, 5.74) is 0. The van der Waals surface area contributed by atoms with Gasteiger partial charge >= 0.3 is 29.6 Å². The molecule has 6 heteroatoms. The molecule has 1 atom stereocenters. The Balaban J connectivity index is 0.000000980. The van der Waals surface area contributed by atoms with Crippen LogP contribution in [0.25, 0.3) is 0 Å². The average Bonchev–Trinajstić information content (AvgIpc) is 2.17. The van der Waals surface area contributed by atoms with Gasteiger partial charge in [-0.3, -0.25) is 4.21 Å². The quantitative estimate of drug-likeness (QED) is 0.396. The van der Waals surface area contributed by atoms with Crippen LogP contribution >= 0.6 is 0 Å². The van der Waals surface area contributed by atoms with Gasteiger partial charge in [0.2, 0.25) is 0 Å². The molecule has 14 heavy (non-hydrogen) atoms. The summed E-state index contributed by atoms with van der Waals surface area (Å²) in [6.45, 7) is 0.967. The normalized spacial score (nSPS) is 15.5. The van der Waals surface area contributed by atoms with Crippen LogP contribution in [0, 0.1) is 0 Å².